The zero-order valence-corrected chi connectivity index (χ0v) is 16.3. The molecular formula is C20H34N2O2. The van der Waals surface area contributed by atoms with E-state index in [-0.39, 0.29) is 12.1 Å². The van der Waals surface area contributed by atoms with Gasteiger partial charge < -0.3 is 15.4 Å². The zero-order chi connectivity index (χ0) is 18.3. The van der Waals surface area contributed by atoms with E-state index in [1.54, 1.807) is 0 Å². The van der Waals surface area contributed by atoms with Crippen LogP contribution in [0.4, 0.5) is 4.79 Å². The second kappa shape index (κ2) is 9.07. The van der Waals surface area contributed by atoms with Gasteiger partial charge in [0.05, 0.1) is 0 Å². The molecule has 1 aromatic carbocycles. The quantitative estimate of drug-likeness (QED) is 0.775. The molecule has 1 amide bonds. The Morgan fingerprint density at radius 3 is 2.29 bits per heavy atom. The normalized spacial score (nSPS) is 14.3. The minimum Gasteiger partial charge on any atom is -0.444 e. The molecule has 4 nitrogen and oxygen atoms in total. The van der Waals surface area contributed by atoms with E-state index in [9.17, 15) is 4.79 Å². The van der Waals surface area contributed by atoms with Gasteiger partial charge in [0.25, 0.3) is 0 Å². The first-order chi connectivity index (χ1) is 11.1. The van der Waals surface area contributed by atoms with Crippen LogP contribution in [0.3, 0.4) is 0 Å². The van der Waals surface area contributed by atoms with Crippen molar-refractivity contribution in [3.63, 3.8) is 0 Å². The molecule has 0 spiro atoms. The highest BCUT2D eigenvalue weighted by Crippen LogP contribution is 2.18. The maximum absolute atomic E-state index is 11.8. The predicted octanol–water partition coefficient (Wildman–Crippen LogP) is 4.44. The Hall–Kier alpha value is -1.55. The van der Waals surface area contributed by atoms with Crippen molar-refractivity contribution in [2.45, 2.75) is 60.1 Å². The van der Waals surface area contributed by atoms with Crippen molar-refractivity contribution in [2.24, 2.45) is 11.8 Å². The van der Waals surface area contributed by atoms with Gasteiger partial charge in [-0.15, -0.1) is 0 Å². The summed E-state index contributed by atoms with van der Waals surface area (Å²) in [6.45, 7) is 15.8. The van der Waals surface area contributed by atoms with Crippen LogP contribution in [0.1, 0.15) is 58.7 Å². The van der Waals surface area contributed by atoms with E-state index in [0.717, 1.165) is 6.54 Å². The van der Waals surface area contributed by atoms with Gasteiger partial charge in [-0.3, -0.25) is 0 Å². The summed E-state index contributed by atoms with van der Waals surface area (Å²) in [6.07, 6.45) is -0.347. The lowest BCUT2D eigenvalue weighted by Gasteiger charge is -2.26. The third-order valence-electron chi connectivity index (χ3n) is 4.19. The molecule has 0 saturated heterocycles. The van der Waals surface area contributed by atoms with Gasteiger partial charge in [0.1, 0.15) is 5.60 Å². The highest BCUT2D eigenvalue weighted by molar-refractivity contribution is 5.67. The van der Waals surface area contributed by atoms with Crippen LogP contribution >= 0.6 is 0 Å². The fourth-order valence-corrected chi connectivity index (χ4v) is 2.58. The smallest absolute Gasteiger partial charge is 0.407 e. The molecule has 0 aliphatic rings. The van der Waals surface area contributed by atoms with Gasteiger partial charge in [-0.2, -0.15) is 0 Å². The molecule has 0 fully saturated rings. The van der Waals surface area contributed by atoms with Gasteiger partial charge in [-0.05, 0) is 57.6 Å². The van der Waals surface area contributed by atoms with Crippen molar-refractivity contribution in [1.82, 2.24) is 10.6 Å². The summed E-state index contributed by atoms with van der Waals surface area (Å²) in [7, 11) is 0. The summed E-state index contributed by atoms with van der Waals surface area (Å²) in [6, 6.07) is 8.72. The van der Waals surface area contributed by atoms with Crippen LogP contribution in [0.25, 0.3) is 0 Å². The molecule has 2 N–H and O–H groups in total. The van der Waals surface area contributed by atoms with Crippen molar-refractivity contribution in [2.75, 3.05) is 13.1 Å². The van der Waals surface area contributed by atoms with Crippen LogP contribution in [0, 0.1) is 18.8 Å². The van der Waals surface area contributed by atoms with Crippen LogP contribution in [0.15, 0.2) is 24.3 Å². The lowest BCUT2D eigenvalue weighted by Crippen LogP contribution is -2.40. The highest BCUT2D eigenvalue weighted by atomic mass is 16.6. The van der Waals surface area contributed by atoms with Crippen molar-refractivity contribution in [1.29, 1.82) is 0 Å². The molecule has 4 heteroatoms. The molecule has 1 aromatic rings. The SMILES string of the molecule is Cc1ccccc1[C@@H](C)NCC(CNC(=O)OC(C)(C)C)C(C)C. The lowest BCUT2D eigenvalue weighted by molar-refractivity contribution is 0.0514. The highest BCUT2D eigenvalue weighted by Gasteiger charge is 2.20. The Bertz CT molecular complexity index is 521. The third kappa shape index (κ3) is 7.35. The topological polar surface area (TPSA) is 50.4 Å². The number of alkyl carbamates (subject to hydrolysis) is 1. The van der Waals surface area contributed by atoms with E-state index in [2.05, 4.69) is 62.6 Å². The standard InChI is InChI=1S/C20H34N2O2/c1-14(2)17(13-22-19(23)24-20(5,6)7)12-21-16(4)18-11-9-8-10-15(18)3/h8-11,14,16-17,21H,12-13H2,1-7H3,(H,22,23)/t16-,17?/m1/s1. The van der Waals surface area contributed by atoms with Crippen molar-refractivity contribution < 1.29 is 9.53 Å². The van der Waals surface area contributed by atoms with E-state index in [1.165, 1.54) is 11.1 Å². The number of carbonyl (C=O) groups is 1. The first-order valence-corrected chi connectivity index (χ1v) is 8.86. The minimum absolute atomic E-state index is 0.286. The Kier molecular flexibility index (Phi) is 7.74. The third-order valence-corrected chi connectivity index (χ3v) is 4.19. The average molecular weight is 335 g/mol. The zero-order valence-electron chi connectivity index (χ0n) is 16.3. The average Bonchev–Trinajstić information content (AvgIpc) is 2.45. The molecule has 0 aliphatic heterocycles. The van der Waals surface area contributed by atoms with Gasteiger partial charge in [-0.1, -0.05) is 38.1 Å². The van der Waals surface area contributed by atoms with Gasteiger partial charge in [-0.25, -0.2) is 4.79 Å². The molecule has 0 saturated carbocycles. The second-order valence-electron chi connectivity index (χ2n) is 7.87. The molecule has 24 heavy (non-hydrogen) atoms. The number of aryl methyl sites for hydroxylation is 1. The fraction of sp³-hybridized carbons (Fsp3) is 0.650. The number of ether oxygens (including phenoxy) is 1. The van der Waals surface area contributed by atoms with Crippen LogP contribution in [0.5, 0.6) is 0 Å². The Morgan fingerprint density at radius 2 is 1.75 bits per heavy atom. The maximum Gasteiger partial charge on any atom is 0.407 e. The molecule has 136 valence electrons. The maximum atomic E-state index is 11.8. The summed E-state index contributed by atoms with van der Waals surface area (Å²) in [5, 5.41) is 6.50. The monoisotopic (exact) mass is 334 g/mol. The molecule has 2 atom stereocenters. The van der Waals surface area contributed by atoms with Gasteiger partial charge in [0, 0.05) is 19.1 Å². The first kappa shape index (κ1) is 20.5. The van der Waals surface area contributed by atoms with E-state index < -0.39 is 5.60 Å². The molecule has 0 aliphatic carbocycles. The molecule has 0 radical (unpaired) electrons. The van der Waals surface area contributed by atoms with Gasteiger partial charge >= 0.3 is 6.09 Å². The molecule has 0 heterocycles. The van der Waals surface area contributed by atoms with Crippen LogP contribution in [-0.4, -0.2) is 24.8 Å². The van der Waals surface area contributed by atoms with Crippen LogP contribution in [0.2, 0.25) is 0 Å². The van der Waals surface area contributed by atoms with Gasteiger partial charge in [0.15, 0.2) is 0 Å². The number of carbonyl (C=O) groups excluding carboxylic acids is 1. The van der Waals surface area contributed by atoms with E-state index in [0.29, 0.717) is 18.4 Å². The lowest BCUT2D eigenvalue weighted by atomic mass is 9.94. The summed E-state index contributed by atoms with van der Waals surface area (Å²) in [5.41, 5.74) is 2.15. The first-order valence-electron chi connectivity index (χ1n) is 8.86. The summed E-state index contributed by atoms with van der Waals surface area (Å²) < 4.78 is 5.31. The number of amides is 1. The summed E-state index contributed by atoms with van der Waals surface area (Å²) in [5.74, 6) is 0.820. The fourth-order valence-electron chi connectivity index (χ4n) is 2.58. The Balaban J connectivity index is 2.52. The number of nitrogens with one attached hydrogen (secondary N) is 2. The second-order valence-corrected chi connectivity index (χ2v) is 7.87. The van der Waals surface area contributed by atoms with Crippen LogP contribution < -0.4 is 10.6 Å². The number of benzene rings is 1. The van der Waals surface area contributed by atoms with Crippen molar-refractivity contribution >= 4 is 6.09 Å². The Labute approximate surface area is 147 Å². The van der Waals surface area contributed by atoms with Crippen molar-refractivity contribution in [3.8, 4) is 0 Å². The summed E-state index contributed by atoms with van der Waals surface area (Å²) in [4.78, 5) is 11.8. The molecule has 0 aromatic heterocycles. The largest absolute Gasteiger partial charge is 0.444 e. The van der Waals surface area contributed by atoms with Gasteiger partial charge in [0.2, 0.25) is 0 Å². The molecule has 1 unspecified atom stereocenters. The number of hydrogen-bond donors (Lipinski definition) is 2. The predicted molar refractivity (Wildman–Crippen MR) is 100 cm³/mol. The van der Waals surface area contributed by atoms with Crippen molar-refractivity contribution in [3.05, 3.63) is 35.4 Å². The molecular weight excluding hydrogens is 300 g/mol. The molecule has 0 bridgehead atoms. The van der Waals surface area contributed by atoms with E-state index in [4.69, 9.17) is 4.74 Å². The van der Waals surface area contributed by atoms with E-state index in [1.807, 2.05) is 20.8 Å². The van der Waals surface area contributed by atoms with E-state index >= 15 is 0 Å². The minimum atomic E-state index is -0.463. The Morgan fingerprint density at radius 1 is 1.12 bits per heavy atom. The van der Waals surface area contributed by atoms with Crippen LogP contribution in [-0.2, 0) is 4.74 Å². The number of rotatable bonds is 7. The number of hydrogen-bond acceptors (Lipinski definition) is 3. The summed E-state index contributed by atoms with van der Waals surface area (Å²) >= 11 is 0. The molecule has 1 rings (SSSR count).